The zero-order valence-electron chi connectivity index (χ0n) is 25.2. The third kappa shape index (κ3) is 6.16. The number of benzene rings is 2. The van der Waals surface area contributed by atoms with E-state index in [1.807, 2.05) is 12.1 Å². The van der Waals surface area contributed by atoms with Crippen LogP contribution in [0.2, 0.25) is 0 Å². The minimum absolute atomic E-state index is 0.215. The van der Waals surface area contributed by atoms with Gasteiger partial charge in [-0.15, -0.1) is 0 Å². The van der Waals surface area contributed by atoms with E-state index in [-0.39, 0.29) is 5.92 Å². The lowest BCUT2D eigenvalue weighted by atomic mass is 9.93. The van der Waals surface area contributed by atoms with Gasteiger partial charge in [-0.25, -0.2) is 4.98 Å². The van der Waals surface area contributed by atoms with Crippen molar-refractivity contribution >= 4 is 75.0 Å². The number of aromatic nitrogens is 4. The number of nitrogens with one attached hydrogen (secondary N) is 2. The van der Waals surface area contributed by atoms with Crippen LogP contribution in [0, 0.1) is 12.8 Å². The van der Waals surface area contributed by atoms with Crippen molar-refractivity contribution in [1.29, 1.82) is 0 Å². The zero-order chi connectivity index (χ0) is 31.0. The Hall–Kier alpha value is -3.60. The summed E-state index contributed by atoms with van der Waals surface area (Å²) in [5.41, 5.74) is 5.75. The Morgan fingerprint density at radius 1 is 1.07 bits per heavy atom. The fraction of sp³-hybridized carbons (Fsp3) is 0.387. The van der Waals surface area contributed by atoms with Gasteiger partial charge in [0.05, 0.1) is 34.2 Å². The summed E-state index contributed by atoms with van der Waals surface area (Å²) in [6, 6.07) is 8.60. The average molecular weight is 680 g/mol. The summed E-state index contributed by atoms with van der Waals surface area (Å²) in [5.74, 6) is 0.883. The lowest BCUT2D eigenvalue weighted by Crippen LogP contribution is -2.57. The number of hydrogen-bond donors (Lipinski definition) is 3. The van der Waals surface area contributed by atoms with Gasteiger partial charge in [0, 0.05) is 73.6 Å². The number of methoxy groups -OCH3 is 1. The van der Waals surface area contributed by atoms with Gasteiger partial charge in [-0.2, -0.15) is 4.98 Å². The number of aryl methyl sites for hydroxylation is 1. The smallest absolute Gasteiger partial charge is 0.309 e. The molecule has 0 bridgehead atoms. The number of carboxylic acid groups (broad SMARTS) is 1. The summed E-state index contributed by atoms with van der Waals surface area (Å²) in [6.07, 6.45) is 7.20. The van der Waals surface area contributed by atoms with Crippen molar-refractivity contribution in [3.05, 3.63) is 52.9 Å². The van der Waals surface area contributed by atoms with Crippen molar-refractivity contribution in [1.82, 2.24) is 24.8 Å². The number of likely N-dealkylation sites (tertiary alicyclic amines) is 1. The van der Waals surface area contributed by atoms with Gasteiger partial charge in [-0.3, -0.25) is 19.7 Å². The van der Waals surface area contributed by atoms with Crippen molar-refractivity contribution in [2.45, 2.75) is 25.8 Å². The molecule has 0 radical (unpaired) electrons. The maximum Gasteiger partial charge on any atom is 0.309 e. The first-order chi connectivity index (χ1) is 21.2. The minimum atomic E-state index is -0.683. The normalized spacial score (nSPS) is 16.3. The van der Waals surface area contributed by atoms with E-state index in [4.69, 9.17) is 9.72 Å². The molecule has 0 aliphatic carbocycles. The van der Waals surface area contributed by atoms with Gasteiger partial charge in [0.25, 0.3) is 0 Å². The zero-order valence-corrected chi connectivity index (χ0v) is 27.7. The first kappa shape index (κ1) is 30.4. The molecule has 44 heavy (non-hydrogen) atoms. The number of aliphatic carboxylic acids is 1. The second kappa shape index (κ2) is 12.8. The van der Waals surface area contributed by atoms with Gasteiger partial charge < -0.3 is 25.4 Å². The molecule has 2 aliphatic rings. The molecule has 6 rings (SSSR count). The van der Waals surface area contributed by atoms with Crippen molar-refractivity contribution in [3.63, 3.8) is 0 Å². The molecule has 11 nitrogen and oxygen atoms in total. The first-order valence-corrected chi connectivity index (χ1v) is 17.6. The second-order valence-corrected chi connectivity index (χ2v) is 14.6. The predicted molar refractivity (Wildman–Crippen MR) is 180 cm³/mol. The molecular weight excluding hydrogens is 643 g/mol. The third-order valence-electron chi connectivity index (χ3n) is 8.40. The van der Waals surface area contributed by atoms with Crippen LogP contribution in [0.5, 0.6) is 5.75 Å². The molecule has 2 aromatic carbocycles. The average Bonchev–Trinajstić information content (AvgIpc) is 2.98. The third-order valence-corrected chi connectivity index (χ3v) is 10.3. The Morgan fingerprint density at radius 3 is 2.52 bits per heavy atom. The molecule has 0 atom stereocenters. The van der Waals surface area contributed by atoms with E-state index in [9.17, 15) is 9.90 Å². The maximum atomic E-state index is 11.2. The summed E-state index contributed by atoms with van der Waals surface area (Å²) in [6.45, 7) is 9.68. The monoisotopic (exact) mass is 678 g/mol. The molecule has 0 spiro atoms. The van der Waals surface area contributed by atoms with Crippen molar-refractivity contribution in [3.8, 4) is 5.75 Å². The Kier molecular flexibility index (Phi) is 8.84. The maximum absolute atomic E-state index is 11.2. The Labute approximate surface area is 266 Å². The predicted octanol–water partition coefficient (Wildman–Crippen LogP) is 5.34. The van der Waals surface area contributed by atoms with Crippen LogP contribution in [-0.4, -0.2) is 88.6 Å². The standard InChI is InChI=1S/C31H36BrN8O3P/c1-18-13-24(26(43-2)14-25(18)39-11-7-20(8-12-39)40-16-19(17-40)30(41)42)37-31-35-15-21(32)29(38-31)36-23-6-5-22-27(28(23)44(3)4)34-10-9-33-22/h5-6,9-10,13-15,19-20H,7-8,11-12,16-17H2,1-4H3,(H,41,42)(H2,35,36,37,38). The highest BCUT2D eigenvalue weighted by molar-refractivity contribution is 9.10. The van der Waals surface area contributed by atoms with Crippen molar-refractivity contribution in [2.24, 2.45) is 5.92 Å². The van der Waals surface area contributed by atoms with Crippen molar-refractivity contribution in [2.75, 3.05) is 62.2 Å². The summed E-state index contributed by atoms with van der Waals surface area (Å²) in [4.78, 5) is 34.3. The molecule has 0 saturated carbocycles. The van der Waals surface area contributed by atoms with Gasteiger partial charge in [-0.1, -0.05) is 7.92 Å². The van der Waals surface area contributed by atoms with Crippen LogP contribution < -0.4 is 25.6 Å². The largest absolute Gasteiger partial charge is 0.494 e. The number of carbonyl (C=O) groups is 1. The highest BCUT2D eigenvalue weighted by Gasteiger charge is 2.38. The van der Waals surface area contributed by atoms with Gasteiger partial charge in [0.2, 0.25) is 5.95 Å². The lowest BCUT2D eigenvalue weighted by Gasteiger charge is -2.46. The van der Waals surface area contributed by atoms with Crippen LogP contribution in [0.4, 0.5) is 28.8 Å². The molecule has 13 heteroatoms. The molecular formula is C31H36BrN8O3P. The van der Waals surface area contributed by atoms with E-state index in [1.165, 1.54) is 0 Å². The van der Waals surface area contributed by atoms with Crippen molar-refractivity contribution < 1.29 is 14.6 Å². The molecule has 4 aromatic rings. The number of halogens is 1. The molecule has 0 unspecified atom stereocenters. The fourth-order valence-electron chi connectivity index (χ4n) is 6.06. The summed E-state index contributed by atoms with van der Waals surface area (Å²) in [5, 5.41) is 17.2. The summed E-state index contributed by atoms with van der Waals surface area (Å²) < 4.78 is 6.55. The Balaban J connectivity index is 1.18. The van der Waals surface area contributed by atoms with E-state index < -0.39 is 13.9 Å². The molecule has 2 saturated heterocycles. The molecule has 2 fully saturated rings. The highest BCUT2D eigenvalue weighted by Crippen LogP contribution is 2.38. The van der Waals surface area contributed by atoms with Gasteiger partial charge in [-0.05, 0) is 72.8 Å². The molecule has 0 amide bonds. The minimum Gasteiger partial charge on any atom is -0.494 e. The van der Waals surface area contributed by atoms with Crippen LogP contribution >= 0.6 is 23.9 Å². The summed E-state index contributed by atoms with van der Waals surface area (Å²) in [7, 11) is 1.19. The second-order valence-electron chi connectivity index (χ2n) is 11.5. The number of piperidine rings is 1. The number of fused-ring (bicyclic) bond motifs is 1. The van der Waals surface area contributed by atoms with Crippen LogP contribution in [-0.2, 0) is 4.79 Å². The Morgan fingerprint density at radius 2 is 1.82 bits per heavy atom. The van der Waals surface area contributed by atoms with Gasteiger partial charge in [0.15, 0.2) is 0 Å². The van der Waals surface area contributed by atoms with E-state index in [0.29, 0.717) is 36.6 Å². The fourth-order valence-corrected chi connectivity index (χ4v) is 7.56. The molecule has 2 aliphatic heterocycles. The molecule has 3 N–H and O–H groups in total. The number of ether oxygens (including phenoxy) is 1. The summed E-state index contributed by atoms with van der Waals surface area (Å²) >= 11 is 3.61. The highest BCUT2D eigenvalue weighted by atomic mass is 79.9. The van der Waals surface area contributed by atoms with E-state index in [0.717, 1.165) is 69.4 Å². The topological polar surface area (TPSA) is 129 Å². The molecule has 4 heterocycles. The first-order valence-electron chi connectivity index (χ1n) is 14.6. The van der Waals surface area contributed by atoms with Crippen LogP contribution in [0.1, 0.15) is 18.4 Å². The Bertz CT molecular complexity index is 1690. The number of anilines is 5. The lowest BCUT2D eigenvalue weighted by molar-refractivity contribution is -0.148. The SMILES string of the molecule is COc1cc(N2CCC(N3CC(C(=O)O)C3)CC2)c(C)cc1Nc1ncc(Br)c(Nc2ccc3nccnc3c2P(C)C)n1. The van der Waals surface area contributed by atoms with E-state index in [2.05, 4.69) is 83.7 Å². The number of carboxylic acids is 1. The number of nitrogens with zero attached hydrogens (tertiary/aromatic N) is 6. The van der Waals surface area contributed by atoms with E-state index >= 15 is 0 Å². The van der Waals surface area contributed by atoms with Gasteiger partial charge >= 0.3 is 5.97 Å². The van der Waals surface area contributed by atoms with Crippen LogP contribution in [0.3, 0.4) is 0 Å². The quantitative estimate of drug-likeness (QED) is 0.199. The van der Waals surface area contributed by atoms with Crippen LogP contribution in [0.25, 0.3) is 11.0 Å². The number of hydrogen-bond acceptors (Lipinski definition) is 10. The van der Waals surface area contributed by atoms with Crippen LogP contribution in [0.15, 0.2) is 47.3 Å². The molecule has 230 valence electrons. The van der Waals surface area contributed by atoms with Gasteiger partial charge in [0.1, 0.15) is 11.6 Å². The van der Waals surface area contributed by atoms with E-state index in [1.54, 1.807) is 25.7 Å². The number of rotatable bonds is 9. The molecule has 2 aromatic heterocycles.